The van der Waals surface area contributed by atoms with E-state index in [0.717, 1.165) is 18.1 Å². The third kappa shape index (κ3) is 3.01. The Morgan fingerprint density at radius 3 is 3.00 bits per heavy atom. The van der Waals surface area contributed by atoms with Gasteiger partial charge in [0.2, 0.25) is 0 Å². The molecule has 1 N–H and O–H groups in total. The monoisotopic (exact) mass is 162 g/mol. The van der Waals surface area contributed by atoms with Crippen molar-refractivity contribution in [3.05, 3.63) is 48.1 Å². The van der Waals surface area contributed by atoms with Crippen LogP contribution in [-0.4, -0.2) is 11.1 Å². The number of rotatable bonds is 2. The van der Waals surface area contributed by atoms with E-state index in [1.54, 1.807) is 6.08 Å². The lowest BCUT2D eigenvalue weighted by molar-refractivity contribution is -0.131. The van der Waals surface area contributed by atoms with Crippen molar-refractivity contribution < 1.29 is 9.90 Å². The molecule has 1 aliphatic rings. The summed E-state index contributed by atoms with van der Waals surface area (Å²) in [7, 11) is 0. The van der Waals surface area contributed by atoms with Crippen molar-refractivity contribution >= 4 is 5.97 Å². The van der Waals surface area contributed by atoms with E-state index in [1.807, 2.05) is 30.4 Å². The molecule has 0 atom stereocenters. The van der Waals surface area contributed by atoms with E-state index in [0.29, 0.717) is 0 Å². The van der Waals surface area contributed by atoms with Gasteiger partial charge in [-0.3, -0.25) is 0 Å². The number of hydrogen-bond acceptors (Lipinski definition) is 1. The largest absolute Gasteiger partial charge is 0.478 e. The zero-order valence-corrected chi connectivity index (χ0v) is 6.60. The first-order valence-corrected chi connectivity index (χ1v) is 3.72. The van der Waals surface area contributed by atoms with Gasteiger partial charge in [0.25, 0.3) is 0 Å². The van der Waals surface area contributed by atoms with E-state index < -0.39 is 5.97 Å². The minimum atomic E-state index is -0.909. The molecule has 0 fully saturated rings. The summed E-state index contributed by atoms with van der Waals surface area (Å²) in [5.74, 6) is -0.909. The highest BCUT2D eigenvalue weighted by Crippen LogP contribution is 2.07. The molecule has 0 radical (unpaired) electrons. The van der Waals surface area contributed by atoms with Gasteiger partial charge in [-0.25, -0.2) is 4.79 Å². The quantitative estimate of drug-likeness (QED) is 0.631. The topological polar surface area (TPSA) is 37.3 Å². The molecule has 0 bridgehead atoms. The minimum Gasteiger partial charge on any atom is -0.478 e. The highest BCUT2D eigenvalue weighted by atomic mass is 16.4. The molecule has 0 amide bonds. The van der Waals surface area contributed by atoms with E-state index in [1.165, 1.54) is 0 Å². The maximum absolute atomic E-state index is 10.2. The third-order valence-corrected chi connectivity index (χ3v) is 1.46. The summed E-state index contributed by atoms with van der Waals surface area (Å²) in [5.41, 5.74) is 1.00. The molecule has 0 spiro atoms. The van der Waals surface area contributed by atoms with Gasteiger partial charge in [-0.05, 0) is 12.0 Å². The Balaban J connectivity index is 2.63. The van der Waals surface area contributed by atoms with Crippen LogP contribution in [-0.2, 0) is 4.79 Å². The number of carboxylic acids is 1. The molecule has 0 aromatic carbocycles. The minimum absolute atomic E-state index is 0.788. The van der Waals surface area contributed by atoms with E-state index in [4.69, 9.17) is 5.11 Å². The Morgan fingerprint density at radius 2 is 2.25 bits per heavy atom. The number of aliphatic carboxylic acids is 1. The number of hydrogen-bond donors (Lipinski definition) is 1. The highest BCUT2D eigenvalue weighted by Gasteiger charge is 1.91. The molecule has 0 aromatic heterocycles. The van der Waals surface area contributed by atoms with Gasteiger partial charge in [0.1, 0.15) is 0 Å². The maximum atomic E-state index is 10.2. The molecule has 12 heavy (non-hydrogen) atoms. The van der Waals surface area contributed by atoms with Crippen molar-refractivity contribution in [2.45, 2.75) is 6.42 Å². The normalized spacial score (nSPS) is 16.2. The van der Waals surface area contributed by atoms with Crippen LogP contribution in [0.2, 0.25) is 0 Å². The van der Waals surface area contributed by atoms with Gasteiger partial charge in [-0.15, -0.1) is 0 Å². The fraction of sp³-hybridized carbons (Fsp3) is 0.100. The number of carbonyl (C=O) groups is 1. The van der Waals surface area contributed by atoms with Gasteiger partial charge in [-0.1, -0.05) is 36.5 Å². The van der Waals surface area contributed by atoms with Crippen molar-refractivity contribution in [3.63, 3.8) is 0 Å². The van der Waals surface area contributed by atoms with Crippen LogP contribution in [0.15, 0.2) is 48.1 Å². The second-order valence-corrected chi connectivity index (χ2v) is 2.43. The summed E-state index contributed by atoms with van der Waals surface area (Å²) in [6, 6.07) is 0. The van der Waals surface area contributed by atoms with Gasteiger partial charge < -0.3 is 5.11 Å². The highest BCUT2D eigenvalue weighted by molar-refractivity contribution is 5.80. The molecule has 1 aliphatic carbocycles. The molecule has 2 heteroatoms. The summed E-state index contributed by atoms with van der Waals surface area (Å²) in [6.07, 6.45) is 13.2. The van der Waals surface area contributed by atoms with Gasteiger partial charge in [0.05, 0.1) is 0 Å². The van der Waals surface area contributed by atoms with Crippen molar-refractivity contribution in [2.24, 2.45) is 0 Å². The average molecular weight is 162 g/mol. The molecular weight excluding hydrogens is 152 g/mol. The first kappa shape index (κ1) is 8.53. The van der Waals surface area contributed by atoms with Crippen molar-refractivity contribution in [1.82, 2.24) is 0 Å². The van der Waals surface area contributed by atoms with Crippen molar-refractivity contribution in [2.75, 3.05) is 0 Å². The number of allylic oxidation sites excluding steroid dienone is 7. The molecule has 0 aliphatic heterocycles. The van der Waals surface area contributed by atoms with Crippen LogP contribution in [0.3, 0.4) is 0 Å². The molecule has 0 aromatic rings. The van der Waals surface area contributed by atoms with Crippen molar-refractivity contribution in [3.8, 4) is 0 Å². The fourth-order valence-corrected chi connectivity index (χ4v) is 0.896. The van der Waals surface area contributed by atoms with Crippen LogP contribution in [0.1, 0.15) is 6.42 Å². The standard InChI is InChI=1S/C10H10O2/c11-10(12)8-7-9-5-3-1-2-4-6-9/h1-5,7-8H,6H2,(H,11,12)/b8-7+. The van der Waals surface area contributed by atoms with Crippen molar-refractivity contribution in [1.29, 1.82) is 0 Å². The summed E-state index contributed by atoms with van der Waals surface area (Å²) >= 11 is 0. The first-order valence-electron chi connectivity index (χ1n) is 3.72. The molecule has 62 valence electrons. The molecule has 0 saturated heterocycles. The van der Waals surface area contributed by atoms with Crippen LogP contribution < -0.4 is 0 Å². The predicted octanol–water partition coefficient (Wildman–Crippen LogP) is 2.07. The summed E-state index contributed by atoms with van der Waals surface area (Å²) in [4.78, 5) is 10.2. The fourth-order valence-electron chi connectivity index (χ4n) is 0.896. The zero-order chi connectivity index (χ0) is 8.81. The van der Waals surface area contributed by atoms with Crippen LogP contribution in [0.4, 0.5) is 0 Å². The van der Waals surface area contributed by atoms with E-state index in [-0.39, 0.29) is 0 Å². The summed E-state index contributed by atoms with van der Waals surface area (Å²) < 4.78 is 0. The molecular formula is C10H10O2. The predicted molar refractivity (Wildman–Crippen MR) is 47.8 cm³/mol. The van der Waals surface area contributed by atoms with Gasteiger partial charge in [-0.2, -0.15) is 0 Å². The van der Waals surface area contributed by atoms with Crippen LogP contribution in [0, 0.1) is 0 Å². The van der Waals surface area contributed by atoms with Gasteiger partial charge in [0.15, 0.2) is 0 Å². The lowest BCUT2D eigenvalue weighted by atomic mass is 10.1. The van der Waals surface area contributed by atoms with E-state index in [2.05, 4.69) is 0 Å². The lowest BCUT2D eigenvalue weighted by Crippen LogP contribution is -1.86. The molecule has 0 unspecified atom stereocenters. The van der Waals surface area contributed by atoms with E-state index >= 15 is 0 Å². The Hall–Kier alpha value is -1.57. The Bertz CT molecular complexity index is 280. The van der Waals surface area contributed by atoms with Crippen LogP contribution in [0.5, 0.6) is 0 Å². The Labute approximate surface area is 71.2 Å². The summed E-state index contributed by atoms with van der Waals surface area (Å²) in [5, 5.41) is 8.36. The van der Waals surface area contributed by atoms with Gasteiger partial charge >= 0.3 is 5.97 Å². The smallest absolute Gasteiger partial charge is 0.328 e. The summed E-state index contributed by atoms with van der Waals surface area (Å²) in [6.45, 7) is 0. The average Bonchev–Trinajstić information content (AvgIpc) is 2.28. The van der Waals surface area contributed by atoms with Crippen LogP contribution in [0.25, 0.3) is 0 Å². The zero-order valence-electron chi connectivity index (χ0n) is 6.60. The van der Waals surface area contributed by atoms with E-state index in [9.17, 15) is 4.79 Å². The first-order chi connectivity index (χ1) is 5.79. The molecule has 0 saturated carbocycles. The Morgan fingerprint density at radius 1 is 1.42 bits per heavy atom. The second kappa shape index (κ2) is 4.34. The molecule has 2 nitrogen and oxygen atoms in total. The molecule has 0 heterocycles. The molecule has 1 rings (SSSR count). The lowest BCUT2D eigenvalue weighted by Gasteiger charge is -1.91. The maximum Gasteiger partial charge on any atom is 0.328 e. The number of carboxylic acid groups (broad SMARTS) is 1. The van der Waals surface area contributed by atoms with Crippen LogP contribution >= 0.6 is 0 Å². The second-order valence-electron chi connectivity index (χ2n) is 2.43. The Kier molecular flexibility index (Phi) is 3.08. The van der Waals surface area contributed by atoms with Gasteiger partial charge in [0, 0.05) is 6.08 Å². The third-order valence-electron chi connectivity index (χ3n) is 1.46. The SMILES string of the molecule is O=C(O)/C=C/C1=CC=CC=CC1.